The van der Waals surface area contributed by atoms with Crippen molar-refractivity contribution in [3.05, 3.63) is 66.2 Å². The number of ether oxygens (including phenoxy) is 1. The van der Waals surface area contributed by atoms with E-state index < -0.39 is 0 Å². The Morgan fingerprint density at radius 2 is 1.93 bits per heavy atom. The molecule has 0 bridgehead atoms. The van der Waals surface area contributed by atoms with Gasteiger partial charge in [-0.1, -0.05) is 30.3 Å². The fourth-order valence-electron chi connectivity index (χ4n) is 5.02. The summed E-state index contributed by atoms with van der Waals surface area (Å²) in [4.78, 5) is 8.62. The van der Waals surface area contributed by atoms with E-state index in [2.05, 4.69) is 38.8 Å². The number of aliphatic hydroxyl groups excluding tert-OH is 1. The topological polar surface area (TPSA) is 86.2 Å². The first-order chi connectivity index (χ1) is 14.7. The molecule has 1 aliphatic carbocycles. The molecule has 30 heavy (non-hydrogen) atoms. The van der Waals surface area contributed by atoms with Gasteiger partial charge >= 0.3 is 0 Å². The summed E-state index contributed by atoms with van der Waals surface area (Å²) in [6, 6.07) is 14.3. The molecule has 6 nitrogen and oxygen atoms in total. The van der Waals surface area contributed by atoms with E-state index in [0.29, 0.717) is 18.3 Å². The lowest BCUT2D eigenvalue weighted by Gasteiger charge is -2.32. The largest absolute Gasteiger partial charge is 0.393 e. The molecule has 1 aliphatic heterocycles. The molecule has 0 amide bonds. The van der Waals surface area contributed by atoms with Crippen LogP contribution in [0.1, 0.15) is 49.4 Å². The quantitative estimate of drug-likeness (QED) is 0.649. The molecule has 2 aliphatic rings. The van der Waals surface area contributed by atoms with Crippen molar-refractivity contribution in [2.45, 2.75) is 57.0 Å². The second-order valence-electron chi connectivity index (χ2n) is 8.49. The number of fused-ring (bicyclic) bond motifs is 3. The second kappa shape index (κ2) is 8.20. The summed E-state index contributed by atoms with van der Waals surface area (Å²) < 4.78 is 8.27. The average molecular weight is 405 g/mol. The fourth-order valence-corrected chi connectivity index (χ4v) is 5.02. The summed E-state index contributed by atoms with van der Waals surface area (Å²) in [6.07, 6.45) is 8.36. The van der Waals surface area contributed by atoms with Gasteiger partial charge in [0.15, 0.2) is 0 Å². The number of pyridine rings is 1. The van der Waals surface area contributed by atoms with Crippen molar-refractivity contribution in [1.82, 2.24) is 14.5 Å². The maximum atomic E-state index is 11.0. The van der Waals surface area contributed by atoms with Crippen LogP contribution in [0.3, 0.4) is 0 Å². The van der Waals surface area contributed by atoms with Gasteiger partial charge < -0.3 is 20.1 Å². The Morgan fingerprint density at radius 1 is 1.10 bits per heavy atom. The molecule has 0 radical (unpaired) electrons. The Bertz CT molecular complexity index is 1010. The predicted octanol–water partition coefficient (Wildman–Crippen LogP) is 3.96. The third-order valence-electron chi connectivity index (χ3n) is 6.62. The zero-order valence-corrected chi connectivity index (χ0v) is 17.0. The molecule has 3 N–H and O–H groups in total. The summed E-state index contributed by atoms with van der Waals surface area (Å²) in [5.74, 6) is 0.840. The number of nitrogen functional groups attached to an aromatic ring is 1. The highest BCUT2D eigenvalue weighted by Gasteiger charge is 2.33. The van der Waals surface area contributed by atoms with E-state index in [1.54, 1.807) is 6.07 Å². The van der Waals surface area contributed by atoms with Crippen LogP contribution in [0.2, 0.25) is 0 Å². The summed E-state index contributed by atoms with van der Waals surface area (Å²) in [7, 11) is 0. The molecule has 6 heteroatoms. The van der Waals surface area contributed by atoms with E-state index in [1.807, 2.05) is 24.7 Å². The zero-order chi connectivity index (χ0) is 20.5. The van der Waals surface area contributed by atoms with E-state index in [0.717, 1.165) is 43.5 Å². The molecular formula is C24H28N4O2. The van der Waals surface area contributed by atoms with Gasteiger partial charge in [-0.05, 0) is 55.7 Å². The fraction of sp³-hybridized carbons (Fsp3) is 0.417. The van der Waals surface area contributed by atoms with Crippen LogP contribution in [0.15, 0.2) is 55.0 Å². The molecule has 3 heterocycles. The van der Waals surface area contributed by atoms with E-state index in [-0.39, 0.29) is 18.2 Å². The minimum Gasteiger partial charge on any atom is -0.393 e. The van der Waals surface area contributed by atoms with Gasteiger partial charge in [0.25, 0.3) is 0 Å². The highest BCUT2D eigenvalue weighted by molar-refractivity contribution is 5.68. The van der Waals surface area contributed by atoms with Gasteiger partial charge in [-0.2, -0.15) is 0 Å². The van der Waals surface area contributed by atoms with Crippen molar-refractivity contribution in [2.24, 2.45) is 5.92 Å². The summed E-state index contributed by atoms with van der Waals surface area (Å²) in [5, 5.41) is 11.0. The Balaban J connectivity index is 1.16. The predicted molar refractivity (Wildman–Crippen MR) is 116 cm³/mol. The average Bonchev–Trinajstić information content (AvgIpc) is 3.35. The number of hydrogen-bond donors (Lipinski definition) is 2. The number of aliphatic hydroxyl groups is 1. The summed E-state index contributed by atoms with van der Waals surface area (Å²) in [5.41, 5.74) is 10.3. The monoisotopic (exact) mass is 404 g/mol. The van der Waals surface area contributed by atoms with Crippen molar-refractivity contribution in [2.75, 3.05) is 5.73 Å². The molecule has 2 unspecified atom stereocenters. The lowest BCUT2D eigenvalue weighted by atomic mass is 9.81. The van der Waals surface area contributed by atoms with Gasteiger partial charge in [0.2, 0.25) is 0 Å². The van der Waals surface area contributed by atoms with Crippen LogP contribution in [0.5, 0.6) is 0 Å². The van der Waals surface area contributed by atoms with Gasteiger partial charge in [0.1, 0.15) is 5.82 Å². The number of imidazole rings is 1. The third kappa shape index (κ3) is 3.73. The van der Waals surface area contributed by atoms with Crippen molar-refractivity contribution in [3.63, 3.8) is 0 Å². The molecule has 0 saturated heterocycles. The van der Waals surface area contributed by atoms with E-state index >= 15 is 0 Å². The molecule has 1 fully saturated rings. The van der Waals surface area contributed by atoms with Gasteiger partial charge in [-0.25, -0.2) is 9.97 Å². The molecular weight excluding hydrogens is 376 g/mol. The Hall–Kier alpha value is -2.70. The second-order valence-corrected chi connectivity index (χ2v) is 8.49. The van der Waals surface area contributed by atoms with E-state index in [9.17, 15) is 5.11 Å². The molecule has 1 aromatic carbocycles. The summed E-state index contributed by atoms with van der Waals surface area (Å²) >= 11 is 0. The van der Waals surface area contributed by atoms with Crippen molar-refractivity contribution < 1.29 is 9.84 Å². The SMILES string of the molecule is Nc1cccc(COC2CCC(C(O)CC3c4ccccc4-c4cncn43)CC2)n1. The van der Waals surface area contributed by atoms with Crippen LogP contribution in [-0.2, 0) is 11.3 Å². The maximum absolute atomic E-state index is 11.0. The molecule has 2 atom stereocenters. The maximum Gasteiger partial charge on any atom is 0.123 e. The highest BCUT2D eigenvalue weighted by atomic mass is 16.5. The minimum absolute atomic E-state index is 0.164. The van der Waals surface area contributed by atoms with Crippen LogP contribution in [-0.4, -0.2) is 31.8 Å². The van der Waals surface area contributed by atoms with Gasteiger partial charge in [-0.3, -0.25) is 0 Å². The van der Waals surface area contributed by atoms with Crippen molar-refractivity contribution >= 4 is 5.82 Å². The van der Waals surface area contributed by atoms with Gasteiger partial charge in [0.05, 0.1) is 48.8 Å². The molecule has 1 saturated carbocycles. The molecule has 156 valence electrons. The van der Waals surface area contributed by atoms with Crippen LogP contribution in [0.25, 0.3) is 11.3 Å². The highest BCUT2D eigenvalue weighted by Crippen LogP contribution is 2.42. The van der Waals surface area contributed by atoms with Crippen LogP contribution in [0, 0.1) is 5.92 Å². The lowest BCUT2D eigenvalue weighted by molar-refractivity contribution is -0.0169. The number of hydrogen-bond acceptors (Lipinski definition) is 5. The third-order valence-corrected chi connectivity index (χ3v) is 6.62. The minimum atomic E-state index is -0.326. The van der Waals surface area contributed by atoms with Crippen molar-refractivity contribution in [3.8, 4) is 11.3 Å². The first-order valence-corrected chi connectivity index (χ1v) is 10.8. The molecule has 5 rings (SSSR count). The molecule has 0 spiro atoms. The summed E-state index contributed by atoms with van der Waals surface area (Å²) in [6.45, 7) is 0.491. The Morgan fingerprint density at radius 3 is 2.77 bits per heavy atom. The Labute approximate surface area is 176 Å². The van der Waals surface area contributed by atoms with Gasteiger partial charge in [-0.15, -0.1) is 0 Å². The molecule has 2 aromatic heterocycles. The number of rotatable bonds is 6. The zero-order valence-electron chi connectivity index (χ0n) is 17.0. The van der Waals surface area contributed by atoms with Crippen LogP contribution >= 0.6 is 0 Å². The first kappa shape index (κ1) is 19.3. The van der Waals surface area contributed by atoms with Crippen LogP contribution < -0.4 is 5.73 Å². The van der Waals surface area contributed by atoms with Gasteiger partial charge in [0, 0.05) is 5.56 Å². The standard InChI is InChI=1S/C24H28N4O2/c25-24-7-3-4-17(27-24)14-30-18-10-8-16(9-11-18)23(29)12-21-19-5-1-2-6-20(19)22-13-26-15-28(21)22/h1-7,13,15-16,18,21,23,29H,8-12,14H2,(H2,25,27). The van der Waals surface area contributed by atoms with Crippen molar-refractivity contribution in [1.29, 1.82) is 0 Å². The van der Waals surface area contributed by atoms with Crippen LogP contribution in [0.4, 0.5) is 5.82 Å². The first-order valence-electron chi connectivity index (χ1n) is 10.8. The molecule has 3 aromatic rings. The number of anilines is 1. The Kier molecular flexibility index (Phi) is 5.27. The number of benzene rings is 1. The number of nitrogens with zero attached hydrogens (tertiary/aromatic N) is 3. The smallest absolute Gasteiger partial charge is 0.123 e. The normalized spacial score (nSPS) is 23.7. The number of nitrogens with two attached hydrogens (primary N) is 1. The van der Waals surface area contributed by atoms with E-state index in [1.165, 1.54) is 11.1 Å². The van der Waals surface area contributed by atoms with E-state index in [4.69, 9.17) is 10.5 Å². The lowest BCUT2D eigenvalue weighted by Crippen LogP contribution is -2.30. The number of aromatic nitrogens is 3.